The van der Waals surface area contributed by atoms with Crippen LogP contribution >= 0.6 is 11.3 Å². The van der Waals surface area contributed by atoms with E-state index in [1.165, 1.54) is 0 Å². The highest BCUT2D eigenvalue weighted by Crippen LogP contribution is 2.32. The summed E-state index contributed by atoms with van der Waals surface area (Å²) in [5.74, 6) is -0.252. The van der Waals surface area contributed by atoms with Crippen molar-refractivity contribution in [3.63, 3.8) is 0 Å². The van der Waals surface area contributed by atoms with E-state index in [0.717, 1.165) is 40.8 Å². The minimum atomic E-state index is -0.252. The third-order valence-corrected chi connectivity index (χ3v) is 4.50. The Balaban J connectivity index is 2.16. The van der Waals surface area contributed by atoms with Gasteiger partial charge >= 0.3 is 0 Å². The molecule has 5 nitrogen and oxygen atoms in total. The van der Waals surface area contributed by atoms with Gasteiger partial charge in [0.1, 0.15) is 0 Å². The van der Waals surface area contributed by atoms with E-state index in [0.29, 0.717) is 0 Å². The molecule has 0 saturated heterocycles. The van der Waals surface area contributed by atoms with Gasteiger partial charge in [-0.15, -0.1) is 11.3 Å². The molecule has 3 N–H and O–H groups in total. The fourth-order valence-electron chi connectivity index (χ4n) is 2.34. The molecule has 0 aliphatic heterocycles. The molecule has 0 saturated carbocycles. The summed E-state index contributed by atoms with van der Waals surface area (Å²) in [6.45, 7) is 0. The van der Waals surface area contributed by atoms with Crippen molar-refractivity contribution in [1.29, 1.82) is 5.26 Å². The highest BCUT2D eigenvalue weighted by molar-refractivity contribution is 7.11. The van der Waals surface area contributed by atoms with Gasteiger partial charge in [-0.25, -0.2) is 4.99 Å². The molecule has 0 radical (unpaired) electrons. The van der Waals surface area contributed by atoms with Crippen LogP contribution in [0.3, 0.4) is 0 Å². The smallest absolute Gasteiger partial charge is 0.248 e. The van der Waals surface area contributed by atoms with E-state index in [9.17, 15) is 4.79 Å². The van der Waals surface area contributed by atoms with E-state index in [1.807, 2.05) is 18.5 Å². The summed E-state index contributed by atoms with van der Waals surface area (Å²) in [7, 11) is 1.81. The summed E-state index contributed by atoms with van der Waals surface area (Å²) in [6, 6.07) is 4.20. The van der Waals surface area contributed by atoms with Crippen LogP contribution in [0.15, 0.2) is 34.2 Å². The van der Waals surface area contributed by atoms with Crippen molar-refractivity contribution in [2.75, 3.05) is 7.05 Å². The number of amides is 1. The predicted octanol–water partition coefficient (Wildman–Crippen LogP) is 2.54. The number of rotatable bonds is 5. The molecule has 1 aromatic rings. The van der Waals surface area contributed by atoms with Gasteiger partial charge in [-0.2, -0.15) is 5.26 Å². The zero-order valence-corrected chi connectivity index (χ0v) is 13.2. The second-order valence-electron chi connectivity index (χ2n) is 4.94. The molecular formula is C16H18N4OS. The average molecular weight is 314 g/mol. The molecule has 0 bridgehead atoms. The Labute approximate surface area is 133 Å². The summed E-state index contributed by atoms with van der Waals surface area (Å²) in [5, 5.41) is 14.2. The van der Waals surface area contributed by atoms with Crippen molar-refractivity contribution in [3.8, 4) is 6.07 Å². The third kappa shape index (κ3) is 3.91. The number of nitrogens with two attached hydrogens (primary N) is 1. The molecule has 1 aliphatic rings. The molecule has 114 valence electrons. The van der Waals surface area contributed by atoms with Crippen LogP contribution in [-0.4, -0.2) is 19.3 Å². The van der Waals surface area contributed by atoms with Crippen LogP contribution in [-0.2, 0) is 4.79 Å². The largest absolute Gasteiger partial charge is 0.390 e. The minimum absolute atomic E-state index is 0.0928. The summed E-state index contributed by atoms with van der Waals surface area (Å²) in [6.07, 6.45) is 7.07. The van der Waals surface area contributed by atoms with E-state index in [1.54, 1.807) is 11.3 Å². The molecule has 1 amide bonds. The topological polar surface area (TPSA) is 91.3 Å². The number of carbonyl (C=O) groups excluding carboxylic acids is 1. The van der Waals surface area contributed by atoms with Crippen molar-refractivity contribution in [1.82, 2.24) is 5.32 Å². The van der Waals surface area contributed by atoms with Gasteiger partial charge in [0.05, 0.1) is 12.4 Å². The maximum Gasteiger partial charge on any atom is 0.248 e. The lowest BCUT2D eigenvalue weighted by atomic mass is 9.98. The summed E-state index contributed by atoms with van der Waals surface area (Å²) in [4.78, 5) is 16.3. The molecule has 1 aliphatic carbocycles. The van der Waals surface area contributed by atoms with Crippen LogP contribution in [0, 0.1) is 11.3 Å². The van der Waals surface area contributed by atoms with E-state index in [-0.39, 0.29) is 18.4 Å². The van der Waals surface area contributed by atoms with Crippen LogP contribution < -0.4 is 11.1 Å². The molecule has 1 heterocycles. The molecule has 6 heteroatoms. The monoisotopic (exact) mass is 314 g/mol. The molecular weight excluding hydrogens is 296 g/mol. The lowest BCUT2D eigenvalue weighted by Gasteiger charge is -2.12. The first-order chi connectivity index (χ1) is 10.7. The van der Waals surface area contributed by atoms with Crippen molar-refractivity contribution in [2.24, 2.45) is 10.7 Å². The molecule has 0 aromatic carbocycles. The first-order valence-electron chi connectivity index (χ1n) is 7.02. The Morgan fingerprint density at radius 3 is 3.18 bits per heavy atom. The summed E-state index contributed by atoms with van der Waals surface area (Å²) >= 11 is 1.62. The second-order valence-corrected chi connectivity index (χ2v) is 5.85. The first-order valence-corrected chi connectivity index (χ1v) is 7.90. The van der Waals surface area contributed by atoms with E-state index < -0.39 is 0 Å². The van der Waals surface area contributed by atoms with Gasteiger partial charge in [-0.1, -0.05) is 6.08 Å². The standard InChI is InChI=1S/C16H18N4OS/c1-19-14(7-16(21)20-10-18)13-6-15(22-9-13)12-4-2-3-11(5-12)8-17/h4-6,9-10,14,19H,2-3,7H2,1H3,(H2,18,20,21). The predicted molar refractivity (Wildman–Crippen MR) is 89.3 cm³/mol. The van der Waals surface area contributed by atoms with Crippen LogP contribution in [0.2, 0.25) is 0 Å². The van der Waals surface area contributed by atoms with Crippen molar-refractivity contribution in [3.05, 3.63) is 39.6 Å². The average Bonchev–Trinajstić information content (AvgIpc) is 3.02. The number of nitriles is 1. The van der Waals surface area contributed by atoms with E-state index >= 15 is 0 Å². The highest BCUT2D eigenvalue weighted by Gasteiger charge is 2.17. The SMILES string of the molecule is CNC(CC(=O)N=CN)c1csc(C2=CCCC(C#N)=C2)c1. The van der Waals surface area contributed by atoms with E-state index in [2.05, 4.69) is 28.5 Å². The summed E-state index contributed by atoms with van der Waals surface area (Å²) < 4.78 is 0. The van der Waals surface area contributed by atoms with Crippen LogP contribution in [0.5, 0.6) is 0 Å². The van der Waals surface area contributed by atoms with E-state index in [4.69, 9.17) is 11.0 Å². The van der Waals surface area contributed by atoms with Gasteiger partial charge in [0.15, 0.2) is 0 Å². The quantitative estimate of drug-likeness (QED) is 0.645. The number of thiophene rings is 1. The minimum Gasteiger partial charge on any atom is -0.390 e. The highest BCUT2D eigenvalue weighted by atomic mass is 32.1. The normalized spacial score (nSPS) is 16.0. The molecule has 2 rings (SSSR count). The Morgan fingerprint density at radius 2 is 2.50 bits per heavy atom. The maximum absolute atomic E-state index is 11.6. The maximum atomic E-state index is 11.6. The molecule has 0 fully saturated rings. The Morgan fingerprint density at radius 1 is 1.68 bits per heavy atom. The first kappa shape index (κ1) is 16.1. The van der Waals surface area contributed by atoms with Gasteiger partial charge in [0.2, 0.25) is 5.91 Å². The molecule has 22 heavy (non-hydrogen) atoms. The molecule has 0 spiro atoms. The zero-order valence-electron chi connectivity index (χ0n) is 12.4. The number of hydrogen-bond acceptors (Lipinski definition) is 4. The van der Waals surface area contributed by atoms with Crippen LogP contribution in [0.4, 0.5) is 0 Å². The van der Waals surface area contributed by atoms with Crippen molar-refractivity contribution in [2.45, 2.75) is 25.3 Å². The fourth-order valence-corrected chi connectivity index (χ4v) is 3.32. The fraction of sp³-hybridized carbons (Fsp3) is 0.312. The number of nitrogens with one attached hydrogen (secondary N) is 1. The van der Waals surface area contributed by atoms with Gasteiger partial charge in [0.25, 0.3) is 0 Å². The second kappa shape index (κ2) is 7.69. The summed E-state index contributed by atoms with van der Waals surface area (Å²) in [5.41, 5.74) is 8.08. The van der Waals surface area contributed by atoms with Gasteiger partial charge in [0, 0.05) is 22.9 Å². The number of carbonyl (C=O) groups is 1. The molecule has 1 unspecified atom stereocenters. The number of hydrogen-bond donors (Lipinski definition) is 2. The third-order valence-electron chi connectivity index (χ3n) is 3.50. The van der Waals surface area contributed by atoms with Gasteiger partial charge < -0.3 is 11.1 Å². The van der Waals surface area contributed by atoms with Crippen molar-refractivity contribution < 1.29 is 4.79 Å². The Kier molecular flexibility index (Phi) is 5.64. The van der Waals surface area contributed by atoms with Gasteiger partial charge in [-0.3, -0.25) is 4.79 Å². The zero-order chi connectivity index (χ0) is 15.9. The molecule has 1 atom stereocenters. The van der Waals surface area contributed by atoms with Gasteiger partial charge in [-0.05, 0) is 48.5 Å². The number of nitrogens with zero attached hydrogens (tertiary/aromatic N) is 2. The van der Waals surface area contributed by atoms with Crippen LogP contribution in [0.1, 0.15) is 35.7 Å². The van der Waals surface area contributed by atoms with Crippen molar-refractivity contribution >= 4 is 29.2 Å². The number of allylic oxidation sites excluding steroid dienone is 4. The Hall–Kier alpha value is -2.23. The molecule has 1 aromatic heterocycles. The Bertz CT molecular complexity index is 679. The number of aliphatic imine (C=N–C) groups is 1. The van der Waals surface area contributed by atoms with Crippen LogP contribution in [0.25, 0.3) is 5.57 Å². The lowest BCUT2D eigenvalue weighted by Crippen LogP contribution is -2.19. The lowest BCUT2D eigenvalue weighted by molar-refractivity contribution is -0.118.